The quantitative estimate of drug-likeness (QED) is 0.162. The van der Waals surface area contributed by atoms with E-state index in [0.717, 1.165) is 60.5 Å². The Morgan fingerprint density at radius 2 is 0.952 bits per heavy atom. The van der Waals surface area contributed by atoms with Gasteiger partial charge in [-0.25, -0.2) is 19.8 Å². The van der Waals surface area contributed by atoms with Crippen molar-refractivity contribution in [2.24, 2.45) is 0 Å². The third kappa shape index (κ3) is 6.38. The molecule has 0 saturated carbocycles. The molecular formula is C55H43N7. The van der Waals surface area contributed by atoms with Crippen molar-refractivity contribution in [1.29, 1.82) is 5.26 Å². The average molecular weight is 802 g/mol. The first-order valence-electron chi connectivity index (χ1n) is 20.9. The van der Waals surface area contributed by atoms with Gasteiger partial charge >= 0.3 is 0 Å². The van der Waals surface area contributed by atoms with Crippen LogP contribution in [0, 0.1) is 17.9 Å². The summed E-state index contributed by atoms with van der Waals surface area (Å²) in [5.74, 6) is 1.31. The monoisotopic (exact) mass is 801 g/mol. The van der Waals surface area contributed by atoms with Gasteiger partial charge in [-0.3, -0.25) is 0 Å². The lowest BCUT2D eigenvalue weighted by Gasteiger charge is -2.20. The summed E-state index contributed by atoms with van der Waals surface area (Å²) in [5.41, 5.74) is 11.3. The molecule has 7 nitrogen and oxygen atoms in total. The number of nitrogens with zero attached hydrogens (tertiary/aromatic N) is 7. The van der Waals surface area contributed by atoms with Crippen LogP contribution >= 0.6 is 0 Å². The van der Waals surface area contributed by atoms with Gasteiger partial charge < -0.3 is 9.13 Å². The minimum absolute atomic E-state index is 0.0830. The van der Waals surface area contributed by atoms with Crippen molar-refractivity contribution >= 4 is 49.3 Å². The van der Waals surface area contributed by atoms with Crippen molar-refractivity contribution in [1.82, 2.24) is 24.1 Å². The Bertz CT molecular complexity index is 3300. The van der Waals surface area contributed by atoms with Crippen molar-refractivity contribution in [3.63, 3.8) is 0 Å². The maximum atomic E-state index is 10.4. The molecule has 0 fully saturated rings. The Labute approximate surface area is 361 Å². The highest BCUT2D eigenvalue weighted by Gasteiger charge is 2.25. The van der Waals surface area contributed by atoms with Crippen LogP contribution in [-0.4, -0.2) is 24.1 Å². The van der Waals surface area contributed by atoms with E-state index >= 15 is 0 Å². The smallest absolute Gasteiger partial charge is 0.188 e. The predicted octanol–water partition coefficient (Wildman–Crippen LogP) is 14.1. The van der Waals surface area contributed by atoms with Gasteiger partial charge in [0.2, 0.25) is 0 Å². The van der Waals surface area contributed by atoms with Crippen LogP contribution in [0.2, 0.25) is 0 Å². The molecule has 0 aliphatic rings. The number of fused-ring (bicyclic) bond motifs is 6. The van der Waals surface area contributed by atoms with E-state index in [1.807, 2.05) is 66.7 Å². The zero-order chi connectivity index (χ0) is 42.9. The van der Waals surface area contributed by atoms with Crippen LogP contribution in [0.5, 0.6) is 0 Å². The minimum atomic E-state index is -0.0844. The van der Waals surface area contributed by atoms with E-state index in [2.05, 4.69) is 147 Å². The first kappa shape index (κ1) is 38.3. The normalized spacial score (nSPS) is 12.0. The van der Waals surface area contributed by atoms with Gasteiger partial charge in [-0.1, -0.05) is 139 Å². The van der Waals surface area contributed by atoms with E-state index < -0.39 is 0 Å². The molecule has 0 radical (unpaired) electrons. The van der Waals surface area contributed by atoms with Gasteiger partial charge in [0.1, 0.15) is 0 Å². The molecule has 62 heavy (non-hydrogen) atoms. The summed E-state index contributed by atoms with van der Waals surface area (Å²) in [6.07, 6.45) is 0. The van der Waals surface area contributed by atoms with Gasteiger partial charge in [-0.2, -0.15) is 5.26 Å². The Kier molecular flexibility index (Phi) is 8.91. The SMILES string of the molecule is [C-]#[N+]c1ccc(-n2c3ccccc3c3ccc(C(C)(C)C)cc32)c(-c2nc(-c3ccccc3)nc(-c3cc(C#N)ccc3-n3c4ccccc4c4ccc(C(C)(C)C)cc43)n2)c1. The van der Waals surface area contributed by atoms with Crippen molar-refractivity contribution < 1.29 is 0 Å². The number of aromatic nitrogens is 5. The first-order chi connectivity index (χ1) is 29.9. The molecule has 10 aromatic rings. The van der Waals surface area contributed by atoms with Crippen molar-refractivity contribution in [3.8, 4) is 51.6 Å². The van der Waals surface area contributed by atoms with Gasteiger partial charge in [0.05, 0.1) is 51.6 Å². The molecule has 0 bridgehead atoms. The van der Waals surface area contributed by atoms with E-state index in [1.165, 1.54) is 11.1 Å². The molecule has 3 aromatic heterocycles. The molecule has 10 rings (SSSR count). The molecule has 0 atom stereocenters. The predicted molar refractivity (Wildman–Crippen MR) is 253 cm³/mol. The summed E-state index contributed by atoms with van der Waals surface area (Å²) >= 11 is 0. The third-order valence-electron chi connectivity index (χ3n) is 11.9. The fraction of sp³-hybridized carbons (Fsp3) is 0.145. The van der Waals surface area contributed by atoms with Crippen LogP contribution in [0.25, 0.3) is 94.0 Å². The van der Waals surface area contributed by atoms with Crippen LogP contribution in [0.4, 0.5) is 5.69 Å². The van der Waals surface area contributed by atoms with Crippen molar-refractivity contribution in [3.05, 3.63) is 180 Å². The molecular weight excluding hydrogens is 759 g/mol. The summed E-state index contributed by atoms with van der Waals surface area (Å²) in [6.45, 7) is 21.5. The highest BCUT2D eigenvalue weighted by Crippen LogP contribution is 2.41. The summed E-state index contributed by atoms with van der Waals surface area (Å²) < 4.78 is 4.55. The average Bonchev–Trinajstić information content (AvgIpc) is 3.80. The van der Waals surface area contributed by atoms with Gasteiger partial charge in [-0.05, 0) is 76.6 Å². The molecule has 7 aromatic carbocycles. The summed E-state index contributed by atoms with van der Waals surface area (Å²) in [4.78, 5) is 19.7. The van der Waals surface area contributed by atoms with Crippen LogP contribution in [0.1, 0.15) is 58.2 Å². The van der Waals surface area contributed by atoms with E-state index in [0.29, 0.717) is 39.9 Å². The second-order valence-electron chi connectivity index (χ2n) is 18.0. The highest BCUT2D eigenvalue weighted by atomic mass is 15.1. The topological polar surface area (TPSA) is 76.7 Å². The van der Waals surface area contributed by atoms with E-state index in [1.54, 1.807) is 0 Å². The van der Waals surface area contributed by atoms with Crippen molar-refractivity contribution in [2.45, 2.75) is 52.4 Å². The molecule has 0 amide bonds. The molecule has 298 valence electrons. The number of rotatable bonds is 5. The maximum absolute atomic E-state index is 10.4. The molecule has 7 heteroatoms. The van der Waals surface area contributed by atoms with Gasteiger partial charge in [0.25, 0.3) is 0 Å². The Hall–Kier alpha value is -7.87. The summed E-state index contributed by atoms with van der Waals surface area (Å²) in [5, 5.41) is 14.9. The molecule has 0 aliphatic heterocycles. The van der Waals surface area contributed by atoms with Crippen LogP contribution in [-0.2, 0) is 10.8 Å². The van der Waals surface area contributed by atoms with Gasteiger partial charge in [-0.15, -0.1) is 0 Å². The second-order valence-corrected chi connectivity index (χ2v) is 18.0. The minimum Gasteiger partial charge on any atom is -0.309 e. The van der Waals surface area contributed by atoms with Crippen LogP contribution in [0.3, 0.4) is 0 Å². The summed E-state index contributed by atoms with van der Waals surface area (Å²) in [6, 6.07) is 54.1. The largest absolute Gasteiger partial charge is 0.309 e. The lowest BCUT2D eigenvalue weighted by Crippen LogP contribution is -2.11. The van der Waals surface area contributed by atoms with Crippen molar-refractivity contribution in [2.75, 3.05) is 0 Å². The van der Waals surface area contributed by atoms with E-state index in [-0.39, 0.29) is 10.8 Å². The zero-order valence-corrected chi connectivity index (χ0v) is 35.6. The lowest BCUT2D eigenvalue weighted by atomic mass is 9.86. The Morgan fingerprint density at radius 1 is 0.484 bits per heavy atom. The van der Waals surface area contributed by atoms with E-state index in [4.69, 9.17) is 21.5 Å². The molecule has 0 N–H and O–H groups in total. The Morgan fingerprint density at radius 3 is 1.47 bits per heavy atom. The van der Waals surface area contributed by atoms with Gasteiger partial charge in [0, 0.05) is 38.2 Å². The standard InChI is InChI=1S/C55H43N7/c1-54(2,3)36-22-25-41-39-17-11-13-19-45(39)61(49(41)30-36)47-27-21-34(33-56)29-43(47)52-58-51(35-15-9-8-10-16-35)59-53(60-52)44-32-38(57-7)24-28-48(44)62-46-20-14-12-18-40(46)42-26-23-37(31-50(42)62)55(4,5)6/h8-32H,1-6H3. The fourth-order valence-electron chi connectivity index (χ4n) is 8.67. The molecule has 0 unspecified atom stereocenters. The Balaban J connectivity index is 1.29. The first-order valence-corrected chi connectivity index (χ1v) is 20.9. The number of para-hydroxylation sites is 2. The summed E-state index contributed by atoms with van der Waals surface area (Å²) in [7, 11) is 0. The number of hydrogen-bond donors (Lipinski definition) is 0. The number of nitriles is 1. The molecule has 0 aliphatic carbocycles. The fourth-order valence-corrected chi connectivity index (χ4v) is 8.67. The maximum Gasteiger partial charge on any atom is 0.188 e. The third-order valence-corrected chi connectivity index (χ3v) is 11.9. The number of hydrogen-bond acceptors (Lipinski definition) is 4. The molecule has 0 saturated heterocycles. The van der Waals surface area contributed by atoms with Gasteiger partial charge in [0.15, 0.2) is 23.2 Å². The molecule has 3 heterocycles. The lowest BCUT2D eigenvalue weighted by molar-refractivity contribution is 0.590. The molecule has 0 spiro atoms. The highest BCUT2D eigenvalue weighted by molar-refractivity contribution is 6.11. The van der Waals surface area contributed by atoms with Crippen LogP contribution in [0.15, 0.2) is 152 Å². The van der Waals surface area contributed by atoms with Crippen LogP contribution < -0.4 is 0 Å². The number of benzene rings is 7. The second kappa shape index (κ2) is 14.4. The van der Waals surface area contributed by atoms with E-state index in [9.17, 15) is 5.26 Å². The zero-order valence-electron chi connectivity index (χ0n) is 35.6.